The van der Waals surface area contributed by atoms with Gasteiger partial charge in [-0.25, -0.2) is 9.59 Å². The zero-order valence-electron chi connectivity index (χ0n) is 11.1. The second kappa shape index (κ2) is 6.38. The minimum Gasteiger partial charge on any atom is -0.478 e. The molecule has 0 radical (unpaired) electrons. The lowest BCUT2D eigenvalue weighted by atomic mass is 10.1. The number of nitrogens with zero attached hydrogens (tertiary/aromatic N) is 1. The normalized spacial score (nSPS) is 18.6. The number of aliphatic hydroxyl groups excluding tert-OH is 1. The molecule has 1 atom stereocenters. The third-order valence-corrected chi connectivity index (χ3v) is 3.30. The van der Waals surface area contributed by atoms with Gasteiger partial charge in [0.1, 0.15) is 0 Å². The minimum absolute atomic E-state index is 0.199. The van der Waals surface area contributed by atoms with Crippen LogP contribution in [0, 0.1) is 0 Å². The van der Waals surface area contributed by atoms with E-state index in [1.165, 1.54) is 12.1 Å². The average Bonchev–Trinajstić information content (AvgIpc) is 2.45. The van der Waals surface area contributed by atoms with Crippen molar-refractivity contribution in [2.45, 2.75) is 25.5 Å². The van der Waals surface area contributed by atoms with Gasteiger partial charge in [0.25, 0.3) is 0 Å². The standard InChI is InChI=1S/C14H18N2O4/c17-12-5-2-6-16(9-12)14(20)15-8-10-3-1-4-11(7-10)13(18)19/h1,3-4,7,12,17H,2,5-6,8-9H2,(H,15,20)(H,18,19). The number of aromatic carboxylic acids is 1. The number of piperidine rings is 1. The zero-order valence-corrected chi connectivity index (χ0v) is 11.1. The highest BCUT2D eigenvalue weighted by molar-refractivity contribution is 5.87. The number of amides is 2. The van der Waals surface area contributed by atoms with Gasteiger partial charge < -0.3 is 20.4 Å². The van der Waals surface area contributed by atoms with Crippen molar-refractivity contribution >= 4 is 12.0 Å². The van der Waals surface area contributed by atoms with E-state index in [2.05, 4.69) is 5.32 Å². The second-order valence-electron chi connectivity index (χ2n) is 4.91. The molecular weight excluding hydrogens is 260 g/mol. The van der Waals surface area contributed by atoms with Crippen LogP contribution in [0.1, 0.15) is 28.8 Å². The first kappa shape index (κ1) is 14.3. The van der Waals surface area contributed by atoms with E-state index in [9.17, 15) is 14.7 Å². The Kier molecular flexibility index (Phi) is 4.57. The molecule has 1 heterocycles. The highest BCUT2D eigenvalue weighted by atomic mass is 16.4. The molecule has 2 rings (SSSR count). The summed E-state index contributed by atoms with van der Waals surface area (Å²) in [6.07, 6.45) is 1.07. The summed E-state index contributed by atoms with van der Waals surface area (Å²) >= 11 is 0. The number of hydrogen-bond donors (Lipinski definition) is 3. The third-order valence-electron chi connectivity index (χ3n) is 3.30. The molecule has 1 saturated heterocycles. The van der Waals surface area contributed by atoms with Crippen LogP contribution in [-0.4, -0.2) is 46.3 Å². The van der Waals surface area contributed by atoms with Gasteiger partial charge in [0.15, 0.2) is 0 Å². The highest BCUT2D eigenvalue weighted by Gasteiger charge is 2.21. The van der Waals surface area contributed by atoms with Crippen molar-refractivity contribution < 1.29 is 19.8 Å². The molecule has 20 heavy (non-hydrogen) atoms. The lowest BCUT2D eigenvalue weighted by Gasteiger charge is -2.30. The predicted octanol–water partition coefficient (Wildman–Crippen LogP) is 1.05. The van der Waals surface area contributed by atoms with Crippen LogP contribution in [0.15, 0.2) is 24.3 Å². The number of urea groups is 1. The summed E-state index contributed by atoms with van der Waals surface area (Å²) in [5, 5.41) is 21.2. The topological polar surface area (TPSA) is 89.9 Å². The summed E-state index contributed by atoms with van der Waals surface area (Å²) in [5.74, 6) is -0.989. The van der Waals surface area contributed by atoms with Gasteiger partial charge in [0.2, 0.25) is 0 Å². The van der Waals surface area contributed by atoms with Crippen LogP contribution in [0.5, 0.6) is 0 Å². The molecule has 2 amide bonds. The highest BCUT2D eigenvalue weighted by Crippen LogP contribution is 2.10. The Labute approximate surface area is 117 Å². The quantitative estimate of drug-likeness (QED) is 0.771. The third kappa shape index (κ3) is 3.71. The van der Waals surface area contributed by atoms with Gasteiger partial charge in [0.05, 0.1) is 11.7 Å². The fraction of sp³-hybridized carbons (Fsp3) is 0.429. The maximum atomic E-state index is 11.9. The van der Waals surface area contributed by atoms with E-state index >= 15 is 0 Å². The molecule has 0 aliphatic carbocycles. The van der Waals surface area contributed by atoms with Gasteiger partial charge in [-0.2, -0.15) is 0 Å². The molecule has 1 aromatic carbocycles. The maximum Gasteiger partial charge on any atom is 0.335 e. The van der Waals surface area contributed by atoms with E-state index < -0.39 is 12.1 Å². The SMILES string of the molecule is O=C(O)c1cccc(CNC(=O)N2CCCC(O)C2)c1. The summed E-state index contributed by atoms with van der Waals surface area (Å²) in [7, 11) is 0. The van der Waals surface area contributed by atoms with Gasteiger partial charge in [-0.1, -0.05) is 12.1 Å². The van der Waals surface area contributed by atoms with E-state index in [-0.39, 0.29) is 18.1 Å². The van der Waals surface area contributed by atoms with Crippen molar-refractivity contribution in [1.29, 1.82) is 0 Å². The fourth-order valence-corrected chi connectivity index (χ4v) is 2.24. The lowest BCUT2D eigenvalue weighted by Crippen LogP contribution is -2.46. The number of aliphatic hydroxyl groups is 1. The Hall–Kier alpha value is -2.08. The van der Waals surface area contributed by atoms with E-state index in [1.807, 2.05) is 0 Å². The van der Waals surface area contributed by atoms with Crippen molar-refractivity contribution in [3.05, 3.63) is 35.4 Å². The summed E-state index contributed by atoms with van der Waals surface area (Å²) in [6.45, 7) is 1.26. The van der Waals surface area contributed by atoms with E-state index in [0.717, 1.165) is 18.4 Å². The Balaban J connectivity index is 1.89. The molecule has 0 aromatic heterocycles. The van der Waals surface area contributed by atoms with Crippen molar-refractivity contribution in [1.82, 2.24) is 10.2 Å². The Morgan fingerprint density at radius 1 is 1.40 bits per heavy atom. The smallest absolute Gasteiger partial charge is 0.335 e. The number of carboxylic acids is 1. The average molecular weight is 278 g/mol. The molecule has 0 saturated carbocycles. The van der Waals surface area contributed by atoms with E-state index in [1.54, 1.807) is 17.0 Å². The van der Waals surface area contributed by atoms with Gasteiger partial charge >= 0.3 is 12.0 Å². The van der Waals surface area contributed by atoms with Gasteiger partial charge in [-0.05, 0) is 30.5 Å². The molecule has 0 spiro atoms. The van der Waals surface area contributed by atoms with Crippen molar-refractivity contribution in [3.63, 3.8) is 0 Å². The second-order valence-corrected chi connectivity index (χ2v) is 4.91. The van der Waals surface area contributed by atoms with Crippen molar-refractivity contribution in [2.24, 2.45) is 0 Å². The van der Waals surface area contributed by atoms with Crippen LogP contribution in [0.2, 0.25) is 0 Å². The molecule has 6 heteroatoms. The minimum atomic E-state index is -0.989. The Bertz CT molecular complexity index is 504. The summed E-state index contributed by atoms with van der Waals surface area (Å²) < 4.78 is 0. The molecule has 3 N–H and O–H groups in total. The molecule has 108 valence electrons. The van der Waals surface area contributed by atoms with Crippen molar-refractivity contribution in [3.8, 4) is 0 Å². The molecule has 1 fully saturated rings. The lowest BCUT2D eigenvalue weighted by molar-refractivity contribution is 0.0696. The number of likely N-dealkylation sites (tertiary alicyclic amines) is 1. The molecule has 1 aliphatic rings. The number of hydrogen-bond acceptors (Lipinski definition) is 3. The van der Waals surface area contributed by atoms with E-state index in [0.29, 0.717) is 13.1 Å². The summed E-state index contributed by atoms with van der Waals surface area (Å²) in [6, 6.07) is 6.22. The number of carbonyl (C=O) groups is 2. The molecule has 0 bridgehead atoms. The monoisotopic (exact) mass is 278 g/mol. The maximum absolute atomic E-state index is 11.9. The number of nitrogens with one attached hydrogen (secondary N) is 1. The fourth-order valence-electron chi connectivity index (χ4n) is 2.24. The van der Waals surface area contributed by atoms with Crippen LogP contribution in [0.25, 0.3) is 0 Å². The largest absolute Gasteiger partial charge is 0.478 e. The molecular formula is C14H18N2O4. The molecule has 6 nitrogen and oxygen atoms in total. The van der Waals surface area contributed by atoms with Gasteiger partial charge in [-0.3, -0.25) is 0 Å². The van der Waals surface area contributed by atoms with Crippen LogP contribution in [0.4, 0.5) is 4.79 Å². The predicted molar refractivity (Wildman–Crippen MR) is 72.5 cm³/mol. The summed E-state index contributed by atoms with van der Waals surface area (Å²) in [5.41, 5.74) is 0.931. The van der Waals surface area contributed by atoms with E-state index in [4.69, 9.17) is 5.11 Å². The first-order valence-corrected chi connectivity index (χ1v) is 6.59. The van der Waals surface area contributed by atoms with Crippen LogP contribution >= 0.6 is 0 Å². The van der Waals surface area contributed by atoms with Crippen molar-refractivity contribution in [2.75, 3.05) is 13.1 Å². The number of carboxylic acid groups (broad SMARTS) is 1. The number of carbonyl (C=O) groups excluding carboxylic acids is 1. The van der Waals surface area contributed by atoms with Crippen LogP contribution < -0.4 is 5.32 Å². The number of β-amino-alcohol motifs (C(OH)–C–C–N with tert-alkyl or cyclic N) is 1. The summed E-state index contributed by atoms with van der Waals surface area (Å²) in [4.78, 5) is 24.4. The first-order chi connectivity index (χ1) is 9.56. The Morgan fingerprint density at radius 3 is 2.90 bits per heavy atom. The van der Waals surface area contributed by atoms with Crippen LogP contribution in [-0.2, 0) is 6.54 Å². The van der Waals surface area contributed by atoms with Gasteiger partial charge in [0, 0.05) is 19.6 Å². The Morgan fingerprint density at radius 2 is 2.20 bits per heavy atom. The number of benzene rings is 1. The number of rotatable bonds is 3. The molecule has 1 aliphatic heterocycles. The zero-order chi connectivity index (χ0) is 14.5. The van der Waals surface area contributed by atoms with Gasteiger partial charge in [-0.15, -0.1) is 0 Å². The molecule has 1 unspecified atom stereocenters. The first-order valence-electron chi connectivity index (χ1n) is 6.59. The van der Waals surface area contributed by atoms with Crippen LogP contribution in [0.3, 0.4) is 0 Å². The molecule has 1 aromatic rings.